The van der Waals surface area contributed by atoms with Crippen LogP contribution in [-0.4, -0.2) is 25.5 Å². The summed E-state index contributed by atoms with van der Waals surface area (Å²) in [4.78, 5) is 11.9. The van der Waals surface area contributed by atoms with E-state index >= 15 is 0 Å². The predicted octanol–water partition coefficient (Wildman–Crippen LogP) is 2.60. The number of halogens is 2. The molecule has 1 unspecified atom stereocenters. The lowest BCUT2D eigenvalue weighted by molar-refractivity contribution is 0.0951. The molecule has 1 aromatic carbocycles. The summed E-state index contributed by atoms with van der Waals surface area (Å²) in [5.74, 6) is -0.0543. The summed E-state index contributed by atoms with van der Waals surface area (Å²) >= 11 is 5.84. The van der Waals surface area contributed by atoms with Gasteiger partial charge in [-0.1, -0.05) is 11.6 Å². The fourth-order valence-electron chi connectivity index (χ4n) is 2.33. The Morgan fingerprint density at radius 1 is 1.53 bits per heavy atom. The highest BCUT2D eigenvalue weighted by atomic mass is 35.5. The van der Waals surface area contributed by atoms with Gasteiger partial charge in [-0.25, -0.2) is 4.39 Å². The van der Waals surface area contributed by atoms with E-state index in [2.05, 4.69) is 10.6 Å². The molecule has 1 saturated heterocycles. The van der Waals surface area contributed by atoms with E-state index in [1.807, 2.05) is 0 Å². The van der Waals surface area contributed by atoms with Gasteiger partial charge < -0.3 is 10.6 Å². The Balaban J connectivity index is 1.80. The minimum Gasteiger partial charge on any atom is -0.352 e. The molecule has 1 aliphatic rings. The Labute approximate surface area is 117 Å². The van der Waals surface area contributed by atoms with Crippen molar-refractivity contribution in [3.63, 3.8) is 0 Å². The third kappa shape index (κ3) is 4.18. The summed E-state index contributed by atoms with van der Waals surface area (Å²) in [5.41, 5.74) is 0.324. The molecule has 0 aliphatic carbocycles. The summed E-state index contributed by atoms with van der Waals surface area (Å²) in [6, 6.07) is 3.81. The maximum absolute atomic E-state index is 12.9. The van der Waals surface area contributed by atoms with Crippen molar-refractivity contribution in [2.45, 2.75) is 19.3 Å². The number of amides is 1. The molecule has 1 aliphatic heterocycles. The zero-order valence-electron chi connectivity index (χ0n) is 10.7. The Hall–Kier alpha value is -1.13. The highest BCUT2D eigenvalue weighted by molar-refractivity contribution is 6.33. The first-order valence-corrected chi connectivity index (χ1v) is 6.98. The van der Waals surface area contributed by atoms with Crippen LogP contribution in [0.5, 0.6) is 0 Å². The second kappa shape index (κ2) is 6.87. The van der Waals surface area contributed by atoms with E-state index in [9.17, 15) is 9.18 Å². The Kier molecular flexibility index (Phi) is 5.16. The lowest BCUT2D eigenvalue weighted by atomic mass is 9.96. The number of nitrogens with one attached hydrogen (secondary N) is 2. The average molecular weight is 285 g/mol. The zero-order valence-corrected chi connectivity index (χ0v) is 11.5. The molecule has 0 bridgehead atoms. The van der Waals surface area contributed by atoms with Crippen molar-refractivity contribution in [2.24, 2.45) is 5.92 Å². The second-order valence-corrected chi connectivity index (χ2v) is 5.29. The number of piperidine rings is 1. The van der Waals surface area contributed by atoms with Crippen molar-refractivity contribution in [2.75, 3.05) is 19.6 Å². The standard InChI is InChI=1S/C14H18ClFN2O/c15-13-8-11(16)3-4-12(13)14(19)18-7-5-10-2-1-6-17-9-10/h3-4,8,10,17H,1-2,5-7,9H2,(H,18,19). The number of hydrogen-bond acceptors (Lipinski definition) is 2. The minimum atomic E-state index is -0.435. The van der Waals surface area contributed by atoms with Gasteiger partial charge in [0.05, 0.1) is 10.6 Å². The summed E-state index contributed by atoms with van der Waals surface area (Å²) < 4.78 is 12.9. The van der Waals surface area contributed by atoms with Gasteiger partial charge in [-0.05, 0) is 56.5 Å². The summed E-state index contributed by atoms with van der Waals surface area (Å²) in [7, 11) is 0. The molecule has 0 aromatic heterocycles. The largest absolute Gasteiger partial charge is 0.352 e. The molecule has 1 amide bonds. The van der Waals surface area contributed by atoms with Crippen molar-refractivity contribution in [1.82, 2.24) is 10.6 Å². The van der Waals surface area contributed by atoms with Crippen molar-refractivity contribution in [3.05, 3.63) is 34.6 Å². The van der Waals surface area contributed by atoms with Gasteiger partial charge in [0.25, 0.3) is 5.91 Å². The first kappa shape index (κ1) is 14.3. The molecule has 0 spiro atoms. The van der Waals surface area contributed by atoms with Gasteiger partial charge in [0.2, 0.25) is 0 Å². The molecule has 1 heterocycles. The molecule has 2 rings (SSSR count). The van der Waals surface area contributed by atoms with Crippen LogP contribution in [0.25, 0.3) is 0 Å². The van der Waals surface area contributed by atoms with E-state index in [1.165, 1.54) is 25.0 Å². The van der Waals surface area contributed by atoms with Crippen molar-refractivity contribution >= 4 is 17.5 Å². The van der Waals surface area contributed by atoms with E-state index in [4.69, 9.17) is 11.6 Å². The molecule has 0 saturated carbocycles. The van der Waals surface area contributed by atoms with Crippen LogP contribution in [0.1, 0.15) is 29.6 Å². The van der Waals surface area contributed by atoms with Gasteiger partial charge in [0, 0.05) is 6.54 Å². The molecule has 1 fully saturated rings. The normalized spacial score (nSPS) is 19.2. The number of carbonyl (C=O) groups is 1. The molecule has 1 aromatic rings. The van der Waals surface area contributed by atoms with Crippen molar-refractivity contribution in [3.8, 4) is 0 Å². The molecule has 19 heavy (non-hydrogen) atoms. The fraction of sp³-hybridized carbons (Fsp3) is 0.500. The van der Waals surface area contributed by atoms with E-state index < -0.39 is 5.82 Å². The Morgan fingerprint density at radius 3 is 3.05 bits per heavy atom. The maximum Gasteiger partial charge on any atom is 0.252 e. The summed E-state index contributed by atoms with van der Waals surface area (Å²) in [5, 5.41) is 6.33. The molecule has 2 N–H and O–H groups in total. The van der Waals surface area contributed by atoms with Crippen LogP contribution in [-0.2, 0) is 0 Å². The number of rotatable bonds is 4. The third-order valence-electron chi connectivity index (χ3n) is 3.41. The van der Waals surface area contributed by atoms with Crippen LogP contribution in [0.3, 0.4) is 0 Å². The Bertz CT molecular complexity index is 447. The minimum absolute atomic E-state index is 0.150. The molecular weight excluding hydrogens is 267 g/mol. The van der Waals surface area contributed by atoms with E-state index in [1.54, 1.807) is 0 Å². The number of hydrogen-bond donors (Lipinski definition) is 2. The third-order valence-corrected chi connectivity index (χ3v) is 3.73. The quantitative estimate of drug-likeness (QED) is 0.892. The van der Waals surface area contributed by atoms with Crippen LogP contribution >= 0.6 is 11.6 Å². The van der Waals surface area contributed by atoms with Crippen LogP contribution in [0.15, 0.2) is 18.2 Å². The lowest BCUT2D eigenvalue weighted by Gasteiger charge is -2.22. The van der Waals surface area contributed by atoms with Gasteiger partial charge >= 0.3 is 0 Å². The van der Waals surface area contributed by atoms with E-state index in [-0.39, 0.29) is 10.9 Å². The summed E-state index contributed by atoms with van der Waals surface area (Å²) in [6.45, 7) is 2.74. The van der Waals surface area contributed by atoms with Gasteiger partial charge in [0.1, 0.15) is 5.82 Å². The van der Waals surface area contributed by atoms with Crippen molar-refractivity contribution in [1.29, 1.82) is 0 Å². The first-order chi connectivity index (χ1) is 9.16. The SMILES string of the molecule is O=C(NCCC1CCCNC1)c1ccc(F)cc1Cl. The topological polar surface area (TPSA) is 41.1 Å². The molecule has 1 atom stereocenters. The molecule has 104 valence electrons. The van der Waals surface area contributed by atoms with E-state index in [0.29, 0.717) is 18.0 Å². The Morgan fingerprint density at radius 2 is 2.37 bits per heavy atom. The average Bonchev–Trinajstić information content (AvgIpc) is 2.39. The second-order valence-electron chi connectivity index (χ2n) is 4.88. The molecule has 3 nitrogen and oxygen atoms in total. The molecule has 5 heteroatoms. The van der Waals surface area contributed by atoms with Crippen LogP contribution in [0.2, 0.25) is 5.02 Å². The van der Waals surface area contributed by atoms with Crippen molar-refractivity contribution < 1.29 is 9.18 Å². The highest BCUT2D eigenvalue weighted by Gasteiger charge is 2.14. The zero-order chi connectivity index (χ0) is 13.7. The van der Waals surface area contributed by atoms with Gasteiger partial charge in [-0.15, -0.1) is 0 Å². The first-order valence-electron chi connectivity index (χ1n) is 6.61. The van der Waals surface area contributed by atoms with Gasteiger partial charge in [0.15, 0.2) is 0 Å². The number of carbonyl (C=O) groups excluding carboxylic acids is 1. The van der Waals surface area contributed by atoms with Crippen LogP contribution in [0.4, 0.5) is 4.39 Å². The number of benzene rings is 1. The lowest BCUT2D eigenvalue weighted by Crippen LogP contribution is -2.33. The predicted molar refractivity (Wildman–Crippen MR) is 74.0 cm³/mol. The van der Waals surface area contributed by atoms with E-state index in [0.717, 1.165) is 25.6 Å². The van der Waals surface area contributed by atoms with Crippen LogP contribution in [0, 0.1) is 11.7 Å². The maximum atomic E-state index is 12.9. The highest BCUT2D eigenvalue weighted by Crippen LogP contribution is 2.17. The molecular formula is C14H18ClFN2O. The van der Waals surface area contributed by atoms with Gasteiger partial charge in [-0.3, -0.25) is 4.79 Å². The monoisotopic (exact) mass is 284 g/mol. The smallest absolute Gasteiger partial charge is 0.252 e. The van der Waals surface area contributed by atoms with Crippen LogP contribution < -0.4 is 10.6 Å². The fourth-order valence-corrected chi connectivity index (χ4v) is 2.58. The van der Waals surface area contributed by atoms with Gasteiger partial charge in [-0.2, -0.15) is 0 Å². The summed E-state index contributed by atoms with van der Waals surface area (Å²) in [6.07, 6.45) is 3.36. The molecule has 0 radical (unpaired) electrons.